The van der Waals surface area contributed by atoms with E-state index in [1.165, 1.54) is 0 Å². The molecule has 0 atom stereocenters. The highest BCUT2D eigenvalue weighted by Crippen LogP contribution is 2.23. The number of carbonyl (C=O) groups is 1. The Morgan fingerprint density at radius 1 is 1.44 bits per heavy atom. The molecule has 0 aliphatic heterocycles. The molecule has 2 N–H and O–H groups in total. The molecule has 0 radical (unpaired) electrons. The largest absolute Gasteiger partial charge is 0.491 e. The highest BCUT2D eigenvalue weighted by atomic mass is 16.5. The number of hydrogen-bond acceptors (Lipinski definition) is 3. The van der Waals surface area contributed by atoms with Crippen LogP contribution in [0.15, 0.2) is 24.3 Å². The summed E-state index contributed by atoms with van der Waals surface area (Å²) in [5, 5.41) is 11.6. The zero-order chi connectivity index (χ0) is 11.8. The third-order valence-electron chi connectivity index (χ3n) is 2.00. The van der Waals surface area contributed by atoms with Gasteiger partial charge in [0.25, 0.3) is 0 Å². The Bertz CT molecular complexity index is 339. The average Bonchev–Trinajstić information content (AvgIpc) is 2.27. The molecule has 0 aliphatic rings. The number of carboxylic acids is 1. The molecule has 1 rings (SSSR count). The number of anilines is 1. The van der Waals surface area contributed by atoms with Gasteiger partial charge in [-0.05, 0) is 18.6 Å². The topological polar surface area (TPSA) is 58.6 Å². The first kappa shape index (κ1) is 12.4. The van der Waals surface area contributed by atoms with Crippen LogP contribution in [0.1, 0.15) is 19.8 Å². The van der Waals surface area contributed by atoms with Crippen molar-refractivity contribution in [2.75, 3.05) is 18.5 Å². The first-order valence-corrected chi connectivity index (χ1v) is 5.41. The van der Waals surface area contributed by atoms with Crippen LogP contribution in [-0.4, -0.2) is 24.2 Å². The van der Waals surface area contributed by atoms with E-state index in [-0.39, 0.29) is 6.42 Å². The fraction of sp³-hybridized carbons (Fsp3) is 0.417. The van der Waals surface area contributed by atoms with Crippen molar-refractivity contribution >= 4 is 11.7 Å². The summed E-state index contributed by atoms with van der Waals surface area (Å²) >= 11 is 0. The van der Waals surface area contributed by atoms with Crippen molar-refractivity contribution in [1.82, 2.24) is 0 Å². The quantitative estimate of drug-likeness (QED) is 0.745. The molecule has 4 nitrogen and oxygen atoms in total. The van der Waals surface area contributed by atoms with E-state index in [0.29, 0.717) is 13.2 Å². The number of aliphatic carboxylic acids is 1. The van der Waals surface area contributed by atoms with Gasteiger partial charge >= 0.3 is 5.97 Å². The maximum atomic E-state index is 10.4. The number of para-hydroxylation sites is 2. The Balaban J connectivity index is 2.52. The standard InChI is InChI=1S/C12H17NO3/c1-2-9-16-11-6-4-3-5-10(11)13-8-7-12(14)15/h3-6,13H,2,7-9H2,1H3,(H,14,15). The number of benzene rings is 1. The zero-order valence-corrected chi connectivity index (χ0v) is 9.40. The predicted octanol–water partition coefficient (Wildman–Crippen LogP) is 2.36. The molecular weight excluding hydrogens is 206 g/mol. The van der Waals surface area contributed by atoms with Crippen LogP contribution in [0.4, 0.5) is 5.69 Å². The third-order valence-corrected chi connectivity index (χ3v) is 2.00. The van der Waals surface area contributed by atoms with Gasteiger partial charge in [-0.15, -0.1) is 0 Å². The molecule has 0 saturated carbocycles. The van der Waals surface area contributed by atoms with Gasteiger partial charge in [0, 0.05) is 6.54 Å². The van der Waals surface area contributed by atoms with Crippen molar-refractivity contribution in [3.63, 3.8) is 0 Å². The monoisotopic (exact) mass is 223 g/mol. The summed E-state index contributed by atoms with van der Waals surface area (Å²) < 4.78 is 5.53. The molecule has 0 aliphatic carbocycles. The fourth-order valence-electron chi connectivity index (χ4n) is 1.25. The Hall–Kier alpha value is -1.71. The van der Waals surface area contributed by atoms with Gasteiger partial charge < -0.3 is 15.2 Å². The second-order valence-electron chi connectivity index (χ2n) is 3.42. The molecule has 16 heavy (non-hydrogen) atoms. The SMILES string of the molecule is CCCOc1ccccc1NCCC(=O)O. The minimum atomic E-state index is -0.806. The molecule has 0 aromatic heterocycles. The molecule has 0 heterocycles. The Kier molecular flexibility index (Phi) is 5.19. The van der Waals surface area contributed by atoms with E-state index in [4.69, 9.17) is 9.84 Å². The minimum absolute atomic E-state index is 0.0993. The zero-order valence-electron chi connectivity index (χ0n) is 9.40. The second kappa shape index (κ2) is 6.71. The van der Waals surface area contributed by atoms with Gasteiger partial charge in [-0.3, -0.25) is 4.79 Å². The Morgan fingerprint density at radius 2 is 2.19 bits per heavy atom. The minimum Gasteiger partial charge on any atom is -0.491 e. The van der Waals surface area contributed by atoms with Crippen LogP contribution >= 0.6 is 0 Å². The molecule has 1 aromatic carbocycles. The van der Waals surface area contributed by atoms with E-state index in [0.717, 1.165) is 17.9 Å². The lowest BCUT2D eigenvalue weighted by molar-refractivity contribution is -0.136. The van der Waals surface area contributed by atoms with E-state index in [2.05, 4.69) is 5.32 Å². The number of nitrogens with one attached hydrogen (secondary N) is 1. The van der Waals surface area contributed by atoms with Crippen LogP contribution in [0.25, 0.3) is 0 Å². The van der Waals surface area contributed by atoms with Crippen molar-refractivity contribution in [1.29, 1.82) is 0 Å². The van der Waals surface area contributed by atoms with Crippen molar-refractivity contribution < 1.29 is 14.6 Å². The van der Waals surface area contributed by atoms with Crippen molar-refractivity contribution in [3.05, 3.63) is 24.3 Å². The van der Waals surface area contributed by atoms with Gasteiger partial charge in [-0.2, -0.15) is 0 Å². The molecule has 0 unspecified atom stereocenters. The summed E-state index contributed by atoms with van der Waals surface area (Å²) in [6, 6.07) is 7.54. The molecule has 88 valence electrons. The summed E-state index contributed by atoms with van der Waals surface area (Å²) in [7, 11) is 0. The van der Waals surface area contributed by atoms with Crippen molar-refractivity contribution in [3.8, 4) is 5.75 Å². The summed E-state index contributed by atoms with van der Waals surface area (Å²) in [6.45, 7) is 3.11. The fourth-order valence-corrected chi connectivity index (χ4v) is 1.25. The van der Waals surface area contributed by atoms with Gasteiger partial charge in [0.2, 0.25) is 0 Å². The summed E-state index contributed by atoms with van der Waals surface area (Å²) in [5.74, 6) is -0.0332. The van der Waals surface area contributed by atoms with Gasteiger partial charge in [-0.1, -0.05) is 19.1 Å². The first-order chi connectivity index (χ1) is 7.74. The van der Waals surface area contributed by atoms with Crippen LogP contribution in [-0.2, 0) is 4.79 Å². The van der Waals surface area contributed by atoms with E-state index in [1.807, 2.05) is 31.2 Å². The smallest absolute Gasteiger partial charge is 0.305 e. The van der Waals surface area contributed by atoms with E-state index in [9.17, 15) is 4.79 Å². The molecule has 4 heteroatoms. The predicted molar refractivity (Wildman–Crippen MR) is 63.0 cm³/mol. The maximum absolute atomic E-state index is 10.4. The number of hydrogen-bond donors (Lipinski definition) is 2. The number of rotatable bonds is 7. The normalized spacial score (nSPS) is 9.81. The molecule has 0 spiro atoms. The summed E-state index contributed by atoms with van der Waals surface area (Å²) in [5.41, 5.74) is 0.845. The maximum Gasteiger partial charge on any atom is 0.305 e. The molecule has 0 amide bonds. The van der Waals surface area contributed by atoms with E-state index >= 15 is 0 Å². The van der Waals surface area contributed by atoms with E-state index < -0.39 is 5.97 Å². The molecule has 0 saturated heterocycles. The first-order valence-electron chi connectivity index (χ1n) is 5.41. The molecule has 0 bridgehead atoms. The molecule has 1 aromatic rings. The van der Waals surface area contributed by atoms with Crippen LogP contribution in [0, 0.1) is 0 Å². The lowest BCUT2D eigenvalue weighted by Gasteiger charge is -2.11. The second-order valence-corrected chi connectivity index (χ2v) is 3.42. The van der Waals surface area contributed by atoms with Gasteiger partial charge in [0.15, 0.2) is 0 Å². The number of carboxylic acid groups (broad SMARTS) is 1. The summed E-state index contributed by atoms with van der Waals surface area (Å²) in [6.07, 6.45) is 1.05. The highest BCUT2D eigenvalue weighted by molar-refractivity contribution is 5.68. The van der Waals surface area contributed by atoms with Gasteiger partial charge in [0.1, 0.15) is 5.75 Å². The van der Waals surface area contributed by atoms with Crippen molar-refractivity contribution in [2.45, 2.75) is 19.8 Å². The van der Waals surface area contributed by atoms with E-state index in [1.54, 1.807) is 0 Å². The van der Waals surface area contributed by atoms with Crippen molar-refractivity contribution in [2.24, 2.45) is 0 Å². The van der Waals surface area contributed by atoms with Crippen LogP contribution in [0.2, 0.25) is 0 Å². The van der Waals surface area contributed by atoms with Crippen LogP contribution in [0.5, 0.6) is 5.75 Å². The highest BCUT2D eigenvalue weighted by Gasteiger charge is 2.02. The van der Waals surface area contributed by atoms with Gasteiger partial charge in [-0.25, -0.2) is 0 Å². The third kappa shape index (κ3) is 4.21. The Labute approximate surface area is 95.2 Å². The molecule has 0 fully saturated rings. The van der Waals surface area contributed by atoms with Crippen LogP contribution < -0.4 is 10.1 Å². The summed E-state index contributed by atoms with van der Waals surface area (Å²) in [4.78, 5) is 10.4. The lowest BCUT2D eigenvalue weighted by Crippen LogP contribution is -2.08. The Morgan fingerprint density at radius 3 is 2.88 bits per heavy atom. The lowest BCUT2D eigenvalue weighted by atomic mass is 10.3. The van der Waals surface area contributed by atoms with Gasteiger partial charge in [0.05, 0.1) is 18.7 Å². The number of ether oxygens (including phenoxy) is 1. The van der Waals surface area contributed by atoms with Crippen LogP contribution in [0.3, 0.4) is 0 Å². The average molecular weight is 223 g/mol. The molecular formula is C12H17NO3.